The van der Waals surface area contributed by atoms with Crippen molar-refractivity contribution >= 4 is 40.1 Å². The lowest BCUT2D eigenvalue weighted by atomic mass is 9.91. The maximum Gasteiger partial charge on any atom is 0.410 e. The molecule has 4 aromatic rings. The zero-order valence-electron chi connectivity index (χ0n) is 22.0. The smallest absolute Gasteiger partial charge is 0.410 e. The lowest BCUT2D eigenvalue weighted by molar-refractivity contribution is 0.0621. The van der Waals surface area contributed by atoms with Crippen molar-refractivity contribution in [1.29, 1.82) is 0 Å². The molecule has 0 saturated carbocycles. The summed E-state index contributed by atoms with van der Waals surface area (Å²) in [7, 11) is 0. The van der Waals surface area contributed by atoms with Gasteiger partial charge in [-0.1, -0.05) is 43.6 Å². The molecule has 6 rings (SSSR count). The van der Waals surface area contributed by atoms with Crippen molar-refractivity contribution in [1.82, 2.24) is 19.4 Å². The number of halogens is 1. The number of fused-ring (bicyclic) bond motifs is 3. The van der Waals surface area contributed by atoms with Gasteiger partial charge in [0.15, 0.2) is 0 Å². The van der Waals surface area contributed by atoms with E-state index in [9.17, 15) is 4.79 Å². The Morgan fingerprint density at radius 3 is 2.42 bits per heavy atom. The second-order valence-electron chi connectivity index (χ2n) is 10.7. The molecule has 8 heteroatoms. The summed E-state index contributed by atoms with van der Waals surface area (Å²) in [4.78, 5) is 24.5. The summed E-state index contributed by atoms with van der Waals surface area (Å²) >= 11 is 7.90. The van der Waals surface area contributed by atoms with Crippen molar-refractivity contribution in [2.75, 3.05) is 6.61 Å². The first-order valence-corrected chi connectivity index (χ1v) is 14.8. The molecule has 2 aliphatic rings. The standard InChI is InChI=1S/C30H33ClN4O2S/c1-4-37-30(36)34-22-10-11-23(34)17-24(16-22)35-26-15-20(7-12-25(26)33-28(35)18(2)3)27(29-32-13-14-38-29)19-5-8-21(31)9-6-19/h5-9,12-15,18,22-24,27H,4,10-11,16-17H2,1-3H3. The zero-order valence-corrected chi connectivity index (χ0v) is 23.6. The molecule has 3 unspecified atom stereocenters. The number of thiazole rings is 1. The molecule has 1 amide bonds. The van der Waals surface area contributed by atoms with Gasteiger partial charge < -0.3 is 14.2 Å². The van der Waals surface area contributed by atoms with Crippen molar-refractivity contribution < 1.29 is 9.53 Å². The maximum absolute atomic E-state index is 12.7. The van der Waals surface area contributed by atoms with Crippen molar-refractivity contribution in [2.45, 2.75) is 76.4 Å². The second-order valence-corrected chi connectivity index (χ2v) is 12.1. The Balaban J connectivity index is 1.43. The number of aromatic nitrogens is 3. The number of rotatable bonds is 6. The quantitative estimate of drug-likeness (QED) is 0.247. The fourth-order valence-electron chi connectivity index (χ4n) is 6.46. The largest absolute Gasteiger partial charge is 0.450 e. The number of hydrogen-bond acceptors (Lipinski definition) is 5. The molecule has 2 saturated heterocycles. The first kappa shape index (κ1) is 25.4. The number of nitrogens with zero attached hydrogens (tertiary/aromatic N) is 4. The van der Waals surface area contributed by atoms with Gasteiger partial charge in [-0.05, 0) is 68.0 Å². The van der Waals surface area contributed by atoms with Crippen molar-refractivity contribution in [3.63, 3.8) is 0 Å². The first-order valence-electron chi connectivity index (χ1n) is 13.6. The van der Waals surface area contributed by atoms with Crippen LogP contribution in [0.4, 0.5) is 4.79 Å². The summed E-state index contributed by atoms with van der Waals surface area (Å²) in [5.41, 5.74) is 4.54. The van der Waals surface area contributed by atoms with E-state index in [2.05, 4.69) is 48.7 Å². The van der Waals surface area contributed by atoms with Crippen LogP contribution in [-0.2, 0) is 4.74 Å². The van der Waals surface area contributed by atoms with Gasteiger partial charge in [0.25, 0.3) is 0 Å². The Kier molecular flexibility index (Phi) is 6.91. The van der Waals surface area contributed by atoms with E-state index in [-0.39, 0.29) is 30.0 Å². The summed E-state index contributed by atoms with van der Waals surface area (Å²) in [6, 6.07) is 15.5. The zero-order chi connectivity index (χ0) is 26.4. The number of imidazole rings is 1. The predicted molar refractivity (Wildman–Crippen MR) is 152 cm³/mol. The minimum Gasteiger partial charge on any atom is -0.450 e. The Hall–Kier alpha value is -2.90. The van der Waals surface area contributed by atoms with Crippen molar-refractivity contribution in [3.8, 4) is 0 Å². The van der Waals surface area contributed by atoms with Gasteiger partial charge in [0.1, 0.15) is 10.8 Å². The van der Waals surface area contributed by atoms with Crippen LogP contribution in [-0.4, -0.2) is 44.2 Å². The number of carbonyl (C=O) groups is 1. The molecule has 2 aromatic carbocycles. The molecule has 198 valence electrons. The number of carbonyl (C=O) groups excluding carboxylic acids is 1. The minimum atomic E-state index is -0.158. The molecule has 0 radical (unpaired) electrons. The van der Waals surface area contributed by atoms with Crippen LogP contribution in [0.2, 0.25) is 5.02 Å². The van der Waals surface area contributed by atoms with Gasteiger partial charge in [-0.15, -0.1) is 11.3 Å². The lowest BCUT2D eigenvalue weighted by Crippen LogP contribution is -2.47. The third-order valence-electron chi connectivity index (χ3n) is 8.04. The fourth-order valence-corrected chi connectivity index (χ4v) is 7.38. The van der Waals surface area contributed by atoms with Crippen molar-refractivity contribution in [2.24, 2.45) is 0 Å². The summed E-state index contributed by atoms with van der Waals surface area (Å²) in [6.07, 6.45) is 5.65. The highest BCUT2D eigenvalue weighted by atomic mass is 35.5. The van der Waals surface area contributed by atoms with Crippen LogP contribution in [0.1, 0.15) is 86.3 Å². The highest BCUT2D eigenvalue weighted by Gasteiger charge is 2.45. The van der Waals surface area contributed by atoms with E-state index in [1.807, 2.05) is 35.5 Å². The van der Waals surface area contributed by atoms with E-state index >= 15 is 0 Å². The van der Waals surface area contributed by atoms with Crippen LogP contribution < -0.4 is 0 Å². The summed E-state index contributed by atoms with van der Waals surface area (Å²) in [6.45, 7) is 6.72. The SMILES string of the molecule is CCOC(=O)N1C2CCC1CC(n1c(C(C)C)nc3ccc(C(c4ccc(Cl)cc4)c4nccs4)cc31)C2. The molecule has 0 aliphatic carbocycles. The molecule has 4 heterocycles. The second kappa shape index (κ2) is 10.3. The molecule has 0 N–H and O–H groups in total. The summed E-state index contributed by atoms with van der Waals surface area (Å²) in [5.74, 6) is 1.42. The number of hydrogen-bond donors (Lipinski definition) is 0. The molecule has 2 fully saturated rings. The van der Waals surface area contributed by atoms with E-state index in [0.29, 0.717) is 12.6 Å². The van der Waals surface area contributed by atoms with Crippen LogP contribution in [0, 0.1) is 0 Å². The van der Waals surface area contributed by atoms with E-state index in [1.165, 1.54) is 11.1 Å². The molecular formula is C30H33ClN4O2S. The summed E-state index contributed by atoms with van der Waals surface area (Å²) < 4.78 is 7.89. The van der Waals surface area contributed by atoms with E-state index in [0.717, 1.165) is 52.6 Å². The molecule has 2 aliphatic heterocycles. The Labute approximate surface area is 232 Å². The normalized spacial score (nSPS) is 21.8. The fraction of sp³-hybridized carbons (Fsp3) is 0.433. The highest BCUT2D eigenvalue weighted by Crippen LogP contribution is 2.44. The number of piperidine rings is 1. The monoisotopic (exact) mass is 548 g/mol. The first-order chi connectivity index (χ1) is 18.4. The molecule has 38 heavy (non-hydrogen) atoms. The van der Waals surface area contributed by atoms with Gasteiger partial charge >= 0.3 is 6.09 Å². The van der Waals surface area contributed by atoms with Gasteiger partial charge in [0.05, 0.1) is 23.6 Å². The van der Waals surface area contributed by atoms with Gasteiger partial charge in [-0.2, -0.15) is 0 Å². The van der Waals surface area contributed by atoms with Gasteiger partial charge in [-0.25, -0.2) is 14.8 Å². The third-order valence-corrected chi connectivity index (χ3v) is 9.14. The van der Waals surface area contributed by atoms with E-state index in [4.69, 9.17) is 26.3 Å². The Bertz CT molecular complexity index is 1420. The average molecular weight is 549 g/mol. The third kappa shape index (κ3) is 4.50. The number of amides is 1. The molecule has 6 nitrogen and oxygen atoms in total. The van der Waals surface area contributed by atoms with Crippen molar-refractivity contribution in [3.05, 3.63) is 81.0 Å². The van der Waals surface area contributed by atoms with Crippen LogP contribution in [0.5, 0.6) is 0 Å². The lowest BCUT2D eigenvalue weighted by Gasteiger charge is -2.39. The Morgan fingerprint density at radius 1 is 1.08 bits per heavy atom. The van der Waals surface area contributed by atoms with Crippen LogP contribution in [0.15, 0.2) is 54.0 Å². The van der Waals surface area contributed by atoms with E-state index < -0.39 is 0 Å². The molecular weight excluding hydrogens is 516 g/mol. The molecule has 2 bridgehead atoms. The van der Waals surface area contributed by atoms with Gasteiger partial charge in [-0.3, -0.25) is 0 Å². The van der Waals surface area contributed by atoms with Crippen LogP contribution in [0.25, 0.3) is 11.0 Å². The van der Waals surface area contributed by atoms with Gasteiger partial charge in [0, 0.05) is 40.6 Å². The molecule has 2 aromatic heterocycles. The predicted octanol–water partition coefficient (Wildman–Crippen LogP) is 7.77. The number of ether oxygens (including phenoxy) is 1. The minimum absolute atomic E-state index is 0.0179. The van der Waals surface area contributed by atoms with Crippen LogP contribution in [0.3, 0.4) is 0 Å². The van der Waals surface area contributed by atoms with Gasteiger partial charge in [0.2, 0.25) is 0 Å². The summed E-state index contributed by atoms with van der Waals surface area (Å²) in [5, 5.41) is 3.82. The van der Waals surface area contributed by atoms with Crippen LogP contribution >= 0.6 is 22.9 Å². The van der Waals surface area contributed by atoms with E-state index in [1.54, 1.807) is 11.3 Å². The maximum atomic E-state index is 12.7. The Morgan fingerprint density at radius 2 is 1.79 bits per heavy atom. The topological polar surface area (TPSA) is 60.2 Å². The molecule has 3 atom stereocenters. The average Bonchev–Trinajstić information content (AvgIpc) is 3.62. The molecule has 0 spiro atoms. The highest BCUT2D eigenvalue weighted by molar-refractivity contribution is 7.09. The number of benzene rings is 2.